The van der Waals surface area contributed by atoms with Crippen LogP contribution >= 0.6 is 35.3 Å². The average Bonchev–Trinajstić information content (AvgIpc) is 1.65. The third-order valence-corrected chi connectivity index (χ3v) is 18.9. The second kappa shape index (κ2) is 32.0. The van der Waals surface area contributed by atoms with E-state index in [1.807, 2.05) is 5.32 Å². The van der Waals surface area contributed by atoms with Gasteiger partial charge in [-0.3, -0.25) is 71.9 Å². The number of nitrogens with zero attached hydrogens (tertiary/aromatic N) is 3. The van der Waals surface area contributed by atoms with E-state index in [0.717, 1.165) is 30.0 Å². The molecule has 11 unspecified atom stereocenters. The number of H-pyrrole nitrogens is 1. The minimum Gasteiger partial charge on any atom is -0.480 e. The van der Waals surface area contributed by atoms with Gasteiger partial charge in [-0.05, 0) is 45.4 Å². The number of hydrogen-bond donors (Lipinski definition) is 14. The van der Waals surface area contributed by atoms with Gasteiger partial charge in [0.1, 0.15) is 65.1 Å². The summed E-state index contributed by atoms with van der Waals surface area (Å²) in [6.45, 7) is 14.0. The molecule has 4 fully saturated rings. The van der Waals surface area contributed by atoms with Crippen LogP contribution in [0.25, 0.3) is 0 Å². The fraction of sp³-hybridized carbons (Fsp3) is 0.574. The monoisotopic (exact) mass is 1330 g/mol. The number of fused-ring (bicyclic) bond motifs is 5. The Morgan fingerprint density at radius 3 is 2.10 bits per heavy atom. The third-order valence-electron chi connectivity index (χ3n) is 14.7. The van der Waals surface area contributed by atoms with E-state index in [-0.39, 0.29) is 54.7 Å². The molecule has 14 atom stereocenters. The van der Waals surface area contributed by atoms with Crippen molar-refractivity contribution >= 4 is 134 Å². The molecule has 0 spiro atoms. The fourth-order valence-corrected chi connectivity index (χ4v) is 13.4. The summed E-state index contributed by atoms with van der Waals surface area (Å²) in [5.74, 6) is -19.0. The lowest BCUT2D eigenvalue weighted by Gasteiger charge is -2.32. The van der Waals surface area contributed by atoms with Crippen molar-refractivity contribution < 1.29 is 76.4 Å². The summed E-state index contributed by atoms with van der Waals surface area (Å²) in [5, 5.41) is 40.7. The van der Waals surface area contributed by atoms with Gasteiger partial charge >= 0.3 is 5.97 Å². The van der Waals surface area contributed by atoms with Crippen molar-refractivity contribution in [1.29, 1.82) is 0 Å². The van der Waals surface area contributed by atoms with Gasteiger partial charge in [0.15, 0.2) is 0 Å². The van der Waals surface area contributed by atoms with Gasteiger partial charge in [-0.1, -0.05) is 46.5 Å². The second-order valence-electron chi connectivity index (χ2n) is 22.5. The molecule has 4 saturated heterocycles. The van der Waals surface area contributed by atoms with Crippen LogP contribution < -0.4 is 63.8 Å². The molecule has 0 saturated carbocycles. The van der Waals surface area contributed by atoms with Crippen molar-refractivity contribution in [2.45, 2.75) is 159 Å². The van der Waals surface area contributed by atoms with Crippen molar-refractivity contribution in [1.82, 2.24) is 83.7 Å². The molecule has 90 heavy (non-hydrogen) atoms. The normalized spacial score (nSPS) is 28.3. The Hall–Kier alpha value is -8.25. The van der Waals surface area contributed by atoms with Crippen molar-refractivity contribution in [3.8, 4) is 0 Å². The van der Waals surface area contributed by atoms with E-state index < -0.39 is 201 Å². The number of thioether (sulfide) groups is 1. The van der Waals surface area contributed by atoms with E-state index in [0.29, 0.717) is 10.7 Å². The lowest BCUT2D eigenvalue weighted by Crippen LogP contribution is -2.61. The molecule has 2 aromatic rings. The molecule has 36 heteroatoms. The van der Waals surface area contributed by atoms with E-state index >= 15 is 4.79 Å². The summed E-state index contributed by atoms with van der Waals surface area (Å²) in [4.78, 5) is 209. The van der Waals surface area contributed by atoms with Gasteiger partial charge in [0.2, 0.25) is 65.0 Å². The average molecular weight is 1330 g/mol. The molecular weight excluding hydrogens is 1260 g/mol. The van der Waals surface area contributed by atoms with Gasteiger partial charge < -0.3 is 73.5 Å². The highest BCUT2D eigenvalue weighted by atomic mass is 32.2. The minimum absolute atomic E-state index is 0.0175. The first kappa shape index (κ1) is 70.8. The van der Waals surface area contributed by atoms with E-state index in [9.17, 15) is 71.6 Å². The molecule has 6 heterocycles. The number of aromatic nitrogens is 3. The first-order valence-electron chi connectivity index (χ1n) is 28.7. The highest BCUT2D eigenvalue weighted by molar-refractivity contribution is 8.00. The maximum absolute atomic E-state index is 15.3. The van der Waals surface area contributed by atoms with Crippen LogP contribution in [0, 0.1) is 11.8 Å². The number of nitrogens with one attached hydrogen (secondary N) is 13. The van der Waals surface area contributed by atoms with Crippen LogP contribution in [0.3, 0.4) is 0 Å². The molecule has 32 nitrogen and oxygen atoms in total. The number of carboxylic acid groups (broad SMARTS) is 1. The predicted octanol–water partition coefficient (Wildman–Crippen LogP) is -4.17. The molecule has 4 aliphatic rings. The predicted molar refractivity (Wildman–Crippen MR) is 327 cm³/mol. The number of thiocarbonyl (C=S) groups is 1. The Balaban J connectivity index is 1.53. The highest BCUT2D eigenvalue weighted by Gasteiger charge is 2.43. The maximum Gasteiger partial charge on any atom is 0.326 e. The molecular formula is C54H74N16O16S4. The number of rotatable bonds is 11. The van der Waals surface area contributed by atoms with Gasteiger partial charge in [-0.25, -0.2) is 14.8 Å². The zero-order valence-electron chi connectivity index (χ0n) is 50.1. The summed E-state index contributed by atoms with van der Waals surface area (Å²) < 4.78 is 14.6. The van der Waals surface area contributed by atoms with E-state index in [1.165, 1.54) is 43.6 Å². The zero-order chi connectivity index (χ0) is 66.4. The first-order chi connectivity index (χ1) is 42.4. The van der Waals surface area contributed by atoms with Crippen LogP contribution in [0.15, 0.2) is 30.2 Å². The van der Waals surface area contributed by atoms with Gasteiger partial charge in [0.25, 0.3) is 11.8 Å². The SMILES string of the molecule is C=C1NC(=O)C2CS(=O)CC3NC(=O)C(CSC(C)C(NC(=S)C(Cc4cnc[nH]4)NC(=O)c4csc(C(C)NC(C)=O)n4)C(=O)N[C@@H](CC(C)C(=O)NC(=O)CC(C(=O)O)NC(=O)C(C)NC3=O)C(=O)N2)NC(=O)[C@H]2CCCN2C(=O)[C@@H](CC(C)C)NC1=O. The van der Waals surface area contributed by atoms with Crippen molar-refractivity contribution in [3.63, 3.8) is 0 Å². The van der Waals surface area contributed by atoms with Gasteiger partial charge in [-0.2, -0.15) is 11.8 Å². The number of carbonyl (C=O) groups excluding carboxylic acids is 13. The number of amides is 13. The van der Waals surface area contributed by atoms with Crippen molar-refractivity contribution in [2.75, 3.05) is 23.8 Å². The molecule has 6 rings (SSSR count). The fourth-order valence-electron chi connectivity index (χ4n) is 9.87. The molecule has 2 aromatic heterocycles. The number of carbonyl (C=O) groups is 14. The van der Waals surface area contributed by atoms with Crippen LogP contribution in [0.1, 0.15) is 108 Å². The molecule has 490 valence electrons. The molecule has 0 aromatic carbocycles. The Morgan fingerprint density at radius 2 is 1.46 bits per heavy atom. The largest absolute Gasteiger partial charge is 0.480 e. The van der Waals surface area contributed by atoms with Gasteiger partial charge in [0.05, 0.1) is 47.0 Å². The Bertz CT molecular complexity index is 3180. The standard InChI is InChI=1S/C54H74N16O16S4/c1-22(2)12-32-53(83)70-11-9-10-38(70)49(81)64-34-17-88-27(7)40(69-51(87)31(14-29-16-55-21-56-29)61-46(78)35-18-89-52(67-35)26(6)57-28(8)71)50(82)60-30-13-23(3)41(73)68-39(72)15-33(54(84)85)63-43(75)25(5)59-48(80)37(66-45(34)77)20-90(86)19-36(65-44(30)76)47(79)58-24(4)42(74)62-32/h16,18,21-23,25-27,30-34,36-38,40H,4,9-15,17,19-20H2,1-3,5-8H3,(H,55,56)(H,57,71)(H,58,79)(H,59,80)(H,60,82)(H,61,78)(H,62,74)(H,63,75)(H,64,81)(H,65,76)(H,66,77)(H,69,87)(H,84,85)(H,68,72,73)/t23?,25?,26?,27?,30-,31?,32+,33?,34?,36?,37?,38+,40?,90?/m0/s1. The summed E-state index contributed by atoms with van der Waals surface area (Å²) in [7, 11) is -2.52. The number of aromatic amines is 1. The lowest BCUT2D eigenvalue weighted by molar-refractivity contribution is -0.144. The number of thiazole rings is 1. The number of carboxylic acids is 1. The number of aliphatic carboxylic acids is 1. The molecule has 4 aliphatic heterocycles. The Labute approximate surface area is 532 Å². The zero-order valence-corrected chi connectivity index (χ0v) is 53.4. The summed E-state index contributed by atoms with van der Waals surface area (Å²) >= 11 is 7.93. The molecule has 13 amide bonds. The Morgan fingerprint density at radius 1 is 0.811 bits per heavy atom. The van der Waals surface area contributed by atoms with E-state index in [4.69, 9.17) is 12.2 Å². The number of imidazole rings is 1. The maximum atomic E-state index is 15.3. The quantitative estimate of drug-likeness (QED) is 0.0577. The van der Waals surface area contributed by atoms with Gasteiger partial charge in [-0.15, -0.1) is 11.3 Å². The molecule has 0 radical (unpaired) electrons. The van der Waals surface area contributed by atoms with E-state index in [1.54, 1.807) is 20.8 Å². The van der Waals surface area contributed by atoms with Crippen LogP contribution in [-0.2, 0) is 79.5 Å². The first-order valence-corrected chi connectivity index (χ1v) is 32.5. The summed E-state index contributed by atoms with van der Waals surface area (Å²) in [5.41, 5.74) is -0.311. The number of hydrogen-bond acceptors (Lipinski definition) is 20. The Kier molecular flexibility index (Phi) is 25.2. The second-order valence-corrected chi connectivity index (χ2v) is 26.8. The van der Waals surface area contributed by atoms with Crippen LogP contribution in [0.5, 0.6) is 0 Å². The highest BCUT2D eigenvalue weighted by Crippen LogP contribution is 2.24. The van der Waals surface area contributed by atoms with Gasteiger partial charge in [0, 0.05) is 64.9 Å². The van der Waals surface area contributed by atoms with Crippen LogP contribution in [0.4, 0.5) is 0 Å². The van der Waals surface area contributed by atoms with Crippen molar-refractivity contribution in [2.24, 2.45) is 11.8 Å². The van der Waals surface area contributed by atoms with Crippen LogP contribution in [0.2, 0.25) is 0 Å². The van der Waals surface area contributed by atoms with Crippen molar-refractivity contribution in [3.05, 3.63) is 46.6 Å². The third kappa shape index (κ3) is 19.6. The molecule has 4 bridgehead atoms. The lowest BCUT2D eigenvalue weighted by atomic mass is 9.99. The van der Waals surface area contributed by atoms with E-state index in [2.05, 4.69) is 80.0 Å². The van der Waals surface area contributed by atoms with Crippen LogP contribution in [-0.4, -0.2) is 206 Å². The minimum atomic E-state index is -2.52. The number of imide groups is 1. The summed E-state index contributed by atoms with van der Waals surface area (Å²) in [6.07, 6.45) is 1.31. The smallest absolute Gasteiger partial charge is 0.326 e. The molecule has 14 N–H and O–H groups in total. The topological polar surface area (TPSA) is 465 Å². The molecule has 0 aliphatic carbocycles. The summed E-state index contributed by atoms with van der Waals surface area (Å²) in [6, 6.07) is -17.3.